The minimum absolute atomic E-state index is 0.264. The Labute approximate surface area is 108 Å². The quantitative estimate of drug-likeness (QED) is 0.649. The average molecular weight is 256 g/mol. The van der Waals surface area contributed by atoms with Crippen molar-refractivity contribution in [3.63, 3.8) is 0 Å². The van der Waals surface area contributed by atoms with Crippen LogP contribution in [0.25, 0.3) is 0 Å². The lowest BCUT2D eigenvalue weighted by molar-refractivity contribution is -0.125. The molecule has 1 saturated heterocycles. The van der Waals surface area contributed by atoms with Gasteiger partial charge in [0.25, 0.3) is 0 Å². The molecule has 0 aromatic heterocycles. The van der Waals surface area contributed by atoms with Crippen molar-refractivity contribution in [1.82, 2.24) is 15.5 Å². The van der Waals surface area contributed by atoms with Crippen LogP contribution in [0.5, 0.6) is 0 Å². The summed E-state index contributed by atoms with van der Waals surface area (Å²) in [5.74, 6) is 0.758. The van der Waals surface area contributed by atoms with Crippen LogP contribution in [0.15, 0.2) is 0 Å². The smallest absolute Gasteiger partial charge is 0.321 e. The van der Waals surface area contributed by atoms with Crippen LogP contribution in [0.1, 0.15) is 20.3 Å². The summed E-state index contributed by atoms with van der Waals surface area (Å²) in [4.78, 5) is 25.0. The van der Waals surface area contributed by atoms with Crippen molar-refractivity contribution in [2.45, 2.75) is 26.3 Å². The maximum atomic E-state index is 11.8. The van der Waals surface area contributed by atoms with Gasteiger partial charge in [-0.1, -0.05) is 6.92 Å². The van der Waals surface area contributed by atoms with Crippen LogP contribution in [0.3, 0.4) is 0 Å². The summed E-state index contributed by atoms with van der Waals surface area (Å²) in [6.07, 6.45) is 1.04. The zero-order valence-corrected chi connectivity index (χ0v) is 11.4. The molecular formula is C12H24N4O2. The Bertz CT molecular complexity index is 308. The number of hydrogen-bond donors (Lipinski definition) is 3. The van der Waals surface area contributed by atoms with Crippen LogP contribution < -0.4 is 16.4 Å². The van der Waals surface area contributed by atoms with Crippen molar-refractivity contribution in [3.8, 4) is 0 Å². The summed E-state index contributed by atoms with van der Waals surface area (Å²) in [7, 11) is 1.49. The van der Waals surface area contributed by atoms with Crippen LogP contribution in [-0.4, -0.2) is 49.6 Å². The fourth-order valence-electron chi connectivity index (χ4n) is 2.28. The van der Waals surface area contributed by atoms with Crippen LogP contribution in [-0.2, 0) is 4.79 Å². The molecule has 0 bridgehead atoms. The molecule has 1 fully saturated rings. The van der Waals surface area contributed by atoms with Gasteiger partial charge in [-0.15, -0.1) is 0 Å². The second kappa shape index (κ2) is 6.70. The lowest BCUT2D eigenvalue weighted by Gasteiger charge is -2.39. The first-order valence-electron chi connectivity index (χ1n) is 6.46. The predicted octanol–water partition coefficient (Wildman–Crippen LogP) is -0.253. The summed E-state index contributed by atoms with van der Waals surface area (Å²) in [5.41, 5.74) is 5.74. The molecule has 6 nitrogen and oxygen atoms in total. The van der Waals surface area contributed by atoms with Gasteiger partial charge < -0.3 is 11.1 Å². The molecule has 0 aliphatic carbocycles. The highest BCUT2D eigenvalue weighted by atomic mass is 16.2. The standard InChI is InChI=1S/C12H24N4O2/c1-8-4-5-16(7-10(8)6-13)9(2)11(17)15-12(18)14-3/h8-10H,4-7,13H2,1-3H3,(H2,14,15,17,18). The summed E-state index contributed by atoms with van der Waals surface area (Å²) >= 11 is 0. The van der Waals surface area contributed by atoms with Gasteiger partial charge in [-0.05, 0) is 38.3 Å². The fraction of sp³-hybridized carbons (Fsp3) is 0.833. The normalized spacial score (nSPS) is 26.4. The zero-order valence-electron chi connectivity index (χ0n) is 11.4. The van der Waals surface area contributed by atoms with Gasteiger partial charge >= 0.3 is 6.03 Å². The molecule has 3 amide bonds. The van der Waals surface area contributed by atoms with Crippen LogP contribution >= 0.6 is 0 Å². The third kappa shape index (κ3) is 3.68. The van der Waals surface area contributed by atoms with E-state index < -0.39 is 6.03 Å². The number of rotatable bonds is 3. The van der Waals surface area contributed by atoms with E-state index in [1.807, 2.05) is 6.92 Å². The molecule has 0 radical (unpaired) electrons. The lowest BCUT2D eigenvalue weighted by atomic mass is 9.86. The van der Waals surface area contributed by atoms with Crippen molar-refractivity contribution in [2.24, 2.45) is 17.6 Å². The van der Waals surface area contributed by atoms with Crippen molar-refractivity contribution in [2.75, 3.05) is 26.7 Å². The molecule has 104 valence electrons. The van der Waals surface area contributed by atoms with Crippen molar-refractivity contribution in [1.29, 1.82) is 0 Å². The van der Waals surface area contributed by atoms with Crippen LogP contribution in [0.2, 0.25) is 0 Å². The van der Waals surface area contributed by atoms with Crippen molar-refractivity contribution < 1.29 is 9.59 Å². The third-order valence-corrected chi connectivity index (χ3v) is 3.84. The number of imide groups is 1. The Morgan fingerprint density at radius 3 is 2.72 bits per heavy atom. The molecule has 18 heavy (non-hydrogen) atoms. The summed E-state index contributed by atoms with van der Waals surface area (Å²) in [5, 5.41) is 4.68. The highest BCUT2D eigenvalue weighted by molar-refractivity contribution is 5.96. The van der Waals surface area contributed by atoms with Gasteiger partial charge in [0, 0.05) is 13.6 Å². The molecule has 0 aromatic carbocycles. The highest BCUT2D eigenvalue weighted by Crippen LogP contribution is 2.23. The van der Waals surface area contributed by atoms with E-state index in [0.29, 0.717) is 18.4 Å². The van der Waals surface area contributed by atoms with E-state index in [9.17, 15) is 9.59 Å². The van der Waals surface area contributed by atoms with Gasteiger partial charge in [0.2, 0.25) is 5.91 Å². The minimum Gasteiger partial charge on any atom is -0.341 e. The van der Waals surface area contributed by atoms with E-state index in [2.05, 4.69) is 22.5 Å². The first-order valence-corrected chi connectivity index (χ1v) is 6.46. The van der Waals surface area contributed by atoms with E-state index in [-0.39, 0.29) is 11.9 Å². The number of carbonyl (C=O) groups is 2. The molecule has 1 aliphatic rings. The number of amides is 3. The molecule has 4 N–H and O–H groups in total. The number of nitrogens with one attached hydrogen (secondary N) is 2. The van der Waals surface area contributed by atoms with E-state index in [1.165, 1.54) is 7.05 Å². The molecular weight excluding hydrogens is 232 g/mol. The van der Waals surface area contributed by atoms with Gasteiger partial charge in [-0.3, -0.25) is 15.0 Å². The summed E-state index contributed by atoms with van der Waals surface area (Å²) in [6.45, 7) is 6.35. The molecule has 1 rings (SSSR count). The SMILES string of the molecule is CNC(=O)NC(=O)C(C)N1CCC(C)C(CN)C1. The second-order valence-electron chi connectivity index (χ2n) is 5.00. The molecule has 6 heteroatoms. The fourth-order valence-corrected chi connectivity index (χ4v) is 2.28. The highest BCUT2D eigenvalue weighted by Gasteiger charge is 2.30. The number of piperidine rings is 1. The maximum absolute atomic E-state index is 11.8. The van der Waals surface area contributed by atoms with Crippen LogP contribution in [0.4, 0.5) is 4.79 Å². The van der Waals surface area contributed by atoms with E-state index >= 15 is 0 Å². The maximum Gasteiger partial charge on any atom is 0.321 e. The molecule has 1 heterocycles. The topological polar surface area (TPSA) is 87.5 Å². The molecule has 0 saturated carbocycles. The Hall–Kier alpha value is -1.14. The number of likely N-dealkylation sites (tertiary alicyclic amines) is 1. The first kappa shape index (κ1) is 14.9. The van der Waals surface area contributed by atoms with Gasteiger partial charge in [0.05, 0.1) is 6.04 Å². The lowest BCUT2D eigenvalue weighted by Crippen LogP contribution is -2.53. The van der Waals surface area contributed by atoms with Gasteiger partial charge in [-0.25, -0.2) is 4.79 Å². The molecule has 0 aromatic rings. The molecule has 3 unspecified atom stereocenters. The largest absolute Gasteiger partial charge is 0.341 e. The number of urea groups is 1. The van der Waals surface area contributed by atoms with Crippen molar-refractivity contribution >= 4 is 11.9 Å². The summed E-state index contributed by atoms with van der Waals surface area (Å²) in [6, 6.07) is -0.767. The van der Waals surface area contributed by atoms with Gasteiger partial charge in [0.1, 0.15) is 0 Å². The number of hydrogen-bond acceptors (Lipinski definition) is 4. The Morgan fingerprint density at radius 2 is 2.17 bits per heavy atom. The minimum atomic E-state index is -0.465. The molecule has 1 aliphatic heterocycles. The molecule has 3 atom stereocenters. The predicted molar refractivity (Wildman–Crippen MR) is 70.0 cm³/mol. The Morgan fingerprint density at radius 1 is 1.50 bits per heavy atom. The molecule has 0 spiro atoms. The summed E-state index contributed by atoms with van der Waals surface area (Å²) < 4.78 is 0. The Balaban J connectivity index is 2.53. The monoisotopic (exact) mass is 256 g/mol. The van der Waals surface area contributed by atoms with Gasteiger partial charge in [0.15, 0.2) is 0 Å². The van der Waals surface area contributed by atoms with Crippen LogP contribution in [0, 0.1) is 11.8 Å². The van der Waals surface area contributed by atoms with Gasteiger partial charge in [-0.2, -0.15) is 0 Å². The van der Waals surface area contributed by atoms with E-state index in [0.717, 1.165) is 19.5 Å². The van der Waals surface area contributed by atoms with E-state index in [1.54, 1.807) is 0 Å². The Kier molecular flexibility index (Phi) is 5.55. The number of carbonyl (C=O) groups excluding carboxylic acids is 2. The first-order chi connectivity index (χ1) is 8.49. The zero-order chi connectivity index (χ0) is 13.7. The second-order valence-corrected chi connectivity index (χ2v) is 5.00. The average Bonchev–Trinajstić information content (AvgIpc) is 2.38. The van der Waals surface area contributed by atoms with E-state index in [4.69, 9.17) is 5.73 Å². The van der Waals surface area contributed by atoms with Crippen molar-refractivity contribution in [3.05, 3.63) is 0 Å². The number of nitrogens with two attached hydrogens (primary N) is 1. The number of nitrogens with zero attached hydrogens (tertiary/aromatic N) is 1. The third-order valence-electron chi connectivity index (χ3n) is 3.84.